The minimum atomic E-state index is -4.09. The molecule has 0 amide bonds. The van der Waals surface area contributed by atoms with Gasteiger partial charge in [0.25, 0.3) is 0 Å². The molecule has 1 unspecified atom stereocenters. The number of carbonyl (C=O) groups is 1. The molecule has 0 fully saturated rings. The van der Waals surface area contributed by atoms with E-state index in [0.717, 1.165) is 42.9 Å². The molecule has 1 aliphatic heterocycles. The standard InChI is InChI=1S/C31H25F3N2O6S.CH4O/c1-31(11-14-40-27-17(6-4-13-37)5-3-7-21(27)31)23-16-41-30(36-23)20-15-18(8-9-22(20)32)42-28-25(34)24(33)26-19(10-12-35-26)29(28)43(2,38)39;1-2/h3,5,7-10,12-13,15-16,35H,4,6,11,14H2,1-2H3;2H,1H3. The highest BCUT2D eigenvalue weighted by Gasteiger charge is 2.39. The molecule has 0 radical (unpaired) electrons. The first kappa shape index (κ1) is 31.8. The lowest BCUT2D eigenvalue weighted by Crippen LogP contribution is -2.32. The van der Waals surface area contributed by atoms with Crippen molar-refractivity contribution in [3.63, 3.8) is 0 Å². The summed E-state index contributed by atoms with van der Waals surface area (Å²) in [5, 5.41) is 6.91. The van der Waals surface area contributed by atoms with E-state index in [-0.39, 0.29) is 28.1 Å². The maximum atomic E-state index is 15.1. The number of hydrogen-bond donors (Lipinski definition) is 2. The number of aromatic amines is 1. The molecule has 0 saturated heterocycles. The molecule has 5 aromatic rings. The van der Waals surface area contributed by atoms with Gasteiger partial charge in [0.2, 0.25) is 11.7 Å². The first-order valence-electron chi connectivity index (χ1n) is 13.8. The Bertz CT molecular complexity index is 2010. The van der Waals surface area contributed by atoms with Gasteiger partial charge in [-0.1, -0.05) is 18.2 Å². The number of hydrogen-bond acceptors (Lipinski definition) is 8. The van der Waals surface area contributed by atoms with Crippen LogP contribution in [0.15, 0.2) is 64.2 Å². The molecule has 0 bridgehead atoms. The van der Waals surface area contributed by atoms with E-state index in [9.17, 15) is 17.6 Å². The molecule has 3 heterocycles. The largest absolute Gasteiger partial charge is 0.493 e. The van der Waals surface area contributed by atoms with Crippen molar-refractivity contribution in [1.29, 1.82) is 0 Å². The van der Waals surface area contributed by atoms with Crippen molar-refractivity contribution in [2.75, 3.05) is 20.0 Å². The van der Waals surface area contributed by atoms with E-state index in [1.165, 1.54) is 24.6 Å². The van der Waals surface area contributed by atoms with Gasteiger partial charge in [0, 0.05) is 42.3 Å². The highest BCUT2D eigenvalue weighted by molar-refractivity contribution is 7.91. The number of aromatic nitrogens is 2. The number of benzene rings is 3. The summed E-state index contributed by atoms with van der Waals surface area (Å²) < 4.78 is 87.5. The Morgan fingerprint density at radius 3 is 2.64 bits per heavy atom. The number of aryl methyl sites for hydroxylation is 1. The molecule has 3 aromatic carbocycles. The maximum Gasteiger partial charge on any atom is 0.229 e. The van der Waals surface area contributed by atoms with E-state index >= 15 is 8.78 Å². The number of aliphatic hydroxyl groups is 1. The van der Waals surface area contributed by atoms with Gasteiger partial charge in [-0.3, -0.25) is 0 Å². The fraction of sp³-hybridized carbons (Fsp3) is 0.250. The third-order valence-electron chi connectivity index (χ3n) is 7.71. The van der Waals surface area contributed by atoms with Gasteiger partial charge < -0.3 is 28.8 Å². The second-order valence-corrected chi connectivity index (χ2v) is 12.5. The van der Waals surface area contributed by atoms with Gasteiger partial charge >= 0.3 is 0 Å². The quantitative estimate of drug-likeness (QED) is 0.150. The third kappa shape index (κ3) is 5.69. The minimum absolute atomic E-state index is 0.0876. The monoisotopic (exact) mass is 642 g/mol. The Morgan fingerprint density at radius 2 is 1.91 bits per heavy atom. The highest BCUT2D eigenvalue weighted by Crippen LogP contribution is 2.46. The number of aldehydes is 1. The molecular formula is C32H29F3N2O7S. The number of oxazole rings is 1. The van der Waals surface area contributed by atoms with Crippen LogP contribution in [0.1, 0.15) is 36.6 Å². The summed E-state index contributed by atoms with van der Waals surface area (Å²) in [7, 11) is -3.09. The molecule has 1 atom stereocenters. The van der Waals surface area contributed by atoms with E-state index in [1.54, 1.807) is 0 Å². The molecule has 1 aliphatic rings. The van der Waals surface area contributed by atoms with E-state index < -0.39 is 43.3 Å². The summed E-state index contributed by atoms with van der Waals surface area (Å²) in [6, 6.07) is 10.4. The molecule has 45 heavy (non-hydrogen) atoms. The zero-order chi connectivity index (χ0) is 32.5. The van der Waals surface area contributed by atoms with Crippen LogP contribution in [0.25, 0.3) is 22.4 Å². The number of para-hydroxylation sites is 1. The molecular weight excluding hydrogens is 613 g/mol. The molecule has 13 heteroatoms. The average molecular weight is 643 g/mol. The Labute approximate surface area is 256 Å². The molecule has 2 N–H and O–H groups in total. The Hall–Kier alpha value is -4.62. The highest BCUT2D eigenvalue weighted by atomic mass is 32.2. The summed E-state index contributed by atoms with van der Waals surface area (Å²) in [6.45, 7) is 2.36. The second-order valence-electron chi connectivity index (χ2n) is 10.5. The van der Waals surface area contributed by atoms with Gasteiger partial charge in [-0.25, -0.2) is 22.2 Å². The average Bonchev–Trinajstić information content (AvgIpc) is 3.71. The zero-order valence-electron chi connectivity index (χ0n) is 24.5. The summed E-state index contributed by atoms with van der Waals surface area (Å²) in [5.74, 6) is -4.00. The van der Waals surface area contributed by atoms with Crippen molar-refractivity contribution < 1.29 is 45.4 Å². The van der Waals surface area contributed by atoms with Crippen LogP contribution in [0, 0.1) is 17.5 Å². The second kappa shape index (κ2) is 12.4. The predicted octanol–water partition coefficient (Wildman–Crippen LogP) is 6.26. The molecule has 6 rings (SSSR count). The number of ether oxygens (including phenoxy) is 2. The van der Waals surface area contributed by atoms with Gasteiger partial charge in [0.15, 0.2) is 21.4 Å². The van der Waals surface area contributed by atoms with Crippen molar-refractivity contribution in [3.8, 4) is 28.7 Å². The van der Waals surface area contributed by atoms with Gasteiger partial charge in [-0.15, -0.1) is 0 Å². The molecule has 2 aromatic heterocycles. The van der Waals surface area contributed by atoms with Gasteiger partial charge in [0.1, 0.15) is 34.8 Å². The number of carbonyl (C=O) groups excluding carboxylic acids is 1. The van der Waals surface area contributed by atoms with Crippen molar-refractivity contribution in [1.82, 2.24) is 9.97 Å². The van der Waals surface area contributed by atoms with Crippen molar-refractivity contribution in [3.05, 3.63) is 89.2 Å². The number of fused-ring (bicyclic) bond motifs is 2. The van der Waals surface area contributed by atoms with Crippen LogP contribution in [0.4, 0.5) is 13.2 Å². The predicted molar refractivity (Wildman–Crippen MR) is 159 cm³/mol. The zero-order valence-corrected chi connectivity index (χ0v) is 25.3. The topological polar surface area (TPSA) is 132 Å². The molecule has 236 valence electrons. The lowest BCUT2D eigenvalue weighted by Gasteiger charge is -2.35. The first-order valence-corrected chi connectivity index (χ1v) is 15.7. The number of rotatable bonds is 8. The van der Waals surface area contributed by atoms with Crippen LogP contribution in [0.3, 0.4) is 0 Å². The maximum absolute atomic E-state index is 15.1. The molecule has 0 spiro atoms. The van der Waals surface area contributed by atoms with Crippen LogP contribution < -0.4 is 9.47 Å². The summed E-state index contributed by atoms with van der Waals surface area (Å²) in [5.41, 5.74) is 1.14. The minimum Gasteiger partial charge on any atom is -0.493 e. The number of aliphatic hydroxyl groups excluding tert-OH is 1. The molecule has 0 aliphatic carbocycles. The lowest BCUT2D eigenvalue weighted by molar-refractivity contribution is -0.107. The van der Waals surface area contributed by atoms with E-state index in [1.807, 2.05) is 25.1 Å². The van der Waals surface area contributed by atoms with Crippen LogP contribution in [-0.2, 0) is 26.5 Å². The van der Waals surface area contributed by atoms with E-state index in [2.05, 4.69) is 9.97 Å². The van der Waals surface area contributed by atoms with Gasteiger partial charge in [-0.05, 0) is 49.6 Å². The SMILES string of the molecule is CC1(c2coc(-c3cc(Oc4c(F)c(F)c5[nH]ccc5c4S(C)(=O)=O)ccc3F)n2)CCOc2c(CCC=O)cccc21.CO. The lowest BCUT2D eigenvalue weighted by atomic mass is 9.74. The van der Waals surface area contributed by atoms with Crippen molar-refractivity contribution in [2.45, 2.75) is 36.5 Å². The third-order valence-corrected chi connectivity index (χ3v) is 8.86. The number of nitrogens with one attached hydrogen (secondary N) is 1. The van der Waals surface area contributed by atoms with Crippen LogP contribution in [0.2, 0.25) is 0 Å². The number of H-pyrrole nitrogens is 1. The smallest absolute Gasteiger partial charge is 0.229 e. The molecule has 9 nitrogen and oxygen atoms in total. The number of halogens is 3. The number of sulfone groups is 1. The fourth-order valence-corrected chi connectivity index (χ4v) is 6.53. The van der Waals surface area contributed by atoms with E-state index in [4.69, 9.17) is 19.0 Å². The summed E-state index contributed by atoms with van der Waals surface area (Å²) >= 11 is 0. The summed E-state index contributed by atoms with van der Waals surface area (Å²) in [4.78, 5) is 17.5. The fourth-order valence-electron chi connectivity index (χ4n) is 5.49. The van der Waals surface area contributed by atoms with Crippen molar-refractivity contribution >= 4 is 27.0 Å². The van der Waals surface area contributed by atoms with Crippen LogP contribution >= 0.6 is 0 Å². The van der Waals surface area contributed by atoms with Crippen molar-refractivity contribution in [2.24, 2.45) is 0 Å². The van der Waals surface area contributed by atoms with Crippen LogP contribution in [-0.4, -0.2) is 49.8 Å². The summed E-state index contributed by atoms with van der Waals surface area (Å²) in [6.07, 6.45) is 5.83. The Balaban J connectivity index is 0.00000196. The Morgan fingerprint density at radius 1 is 1.13 bits per heavy atom. The van der Waals surface area contributed by atoms with E-state index in [0.29, 0.717) is 37.3 Å². The first-order chi connectivity index (χ1) is 21.5. The number of nitrogens with zero attached hydrogens (tertiary/aromatic N) is 1. The Kier molecular flexibility index (Phi) is 8.77. The normalized spacial score (nSPS) is 16.0. The van der Waals surface area contributed by atoms with Crippen LogP contribution in [0.5, 0.6) is 17.2 Å². The molecule has 0 saturated carbocycles. The van der Waals surface area contributed by atoms with Gasteiger partial charge in [0.05, 0.1) is 23.4 Å². The van der Waals surface area contributed by atoms with Gasteiger partial charge in [-0.2, -0.15) is 4.39 Å².